The van der Waals surface area contributed by atoms with E-state index in [9.17, 15) is 0 Å². The van der Waals surface area contributed by atoms with Crippen molar-refractivity contribution in [2.75, 3.05) is 7.11 Å². The van der Waals surface area contributed by atoms with E-state index >= 15 is 0 Å². The first-order chi connectivity index (χ1) is 8.69. The van der Waals surface area contributed by atoms with Crippen molar-refractivity contribution in [2.45, 2.75) is 19.4 Å². The lowest BCUT2D eigenvalue weighted by Crippen LogP contribution is -2.18. The summed E-state index contributed by atoms with van der Waals surface area (Å²) >= 11 is 0. The number of hydrogen-bond donors (Lipinski definition) is 1. The van der Waals surface area contributed by atoms with E-state index in [1.807, 2.05) is 6.92 Å². The second-order valence-electron chi connectivity index (χ2n) is 4.04. The molecule has 0 saturated carbocycles. The fraction of sp³-hybridized carbons (Fsp3) is 0.333. The second kappa shape index (κ2) is 5.50. The van der Waals surface area contributed by atoms with Gasteiger partial charge in [-0.3, -0.25) is 0 Å². The number of nitrogens with two attached hydrogens (primary N) is 1. The number of hydrogen-bond acceptors (Lipinski definition) is 6. The standard InChI is InChI=1S/C12H15N5O/c1-8(13)3-9-5-14-12(15-6-9)10-4-11(18-2)17-7-16-10/h4-8H,3,13H2,1-2H3. The van der Waals surface area contributed by atoms with Gasteiger partial charge in [0.2, 0.25) is 5.88 Å². The third-order valence-corrected chi connectivity index (χ3v) is 2.34. The molecule has 0 spiro atoms. The van der Waals surface area contributed by atoms with Gasteiger partial charge in [-0.2, -0.15) is 0 Å². The Bertz CT molecular complexity index is 512. The molecule has 0 saturated heterocycles. The van der Waals surface area contributed by atoms with Gasteiger partial charge in [0.15, 0.2) is 5.82 Å². The molecule has 2 aromatic heterocycles. The number of aromatic nitrogens is 4. The molecule has 1 unspecified atom stereocenters. The van der Waals surface area contributed by atoms with Crippen molar-refractivity contribution in [1.82, 2.24) is 19.9 Å². The van der Waals surface area contributed by atoms with E-state index in [4.69, 9.17) is 10.5 Å². The van der Waals surface area contributed by atoms with Crippen LogP contribution in [0.2, 0.25) is 0 Å². The molecule has 0 radical (unpaired) electrons. The van der Waals surface area contributed by atoms with Gasteiger partial charge in [-0.25, -0.2) is 19.9 Å². The number of nitrogens with zero attached hydrogens (tertiary/aromatic N) is 4. The van der Waals surface area contributed by atoms with Crippen molar-refractivity contribution in [3.05, 3.63) is 30.4 Å². The highest BCUT2D eigenvalue weighted by atomic mass is 16.5. The molecule has 2 aromatic rings. The molecule has 2 N–H and O–H groups in total. The molecular formula is C12H15N5O. The van der Waals surface area contributed by atoms with E-state index in [0.29, 0.717) is 17.4 Å². The molecule has 0 aliphatic rings. The average Bonchev–Trinajstić information content (AvgIpc) is 2.39. The normalized spacial score (nSPS) is 12.2. The van der Waals surface area contributed by atoms with Crippen LogP contribution in [0, 0.1) is 0 Å². The first-order valence-electron chi connectivity index (χ1n) is 5.62. The topological polar surface area (TPSA) is 86.8 Å². The molecule has 1 atom stereocenters. The van der Waals surface area contributed by atoms with Crippen molar-refractivity contribution in [3.8, 4) is 17.4 Å². The van der Waals surface area contributed by atoms with E-state index in [-0.39, 0.29) is 6.04 Å². The molecule has 0 amide bonds. The Kier molecular flexibility index (Phi) is 3.78. The molecule has 0 aromatic carbocycles. The van der Waals surface area contributed by atoms with Crippen LogP contribution in [0.15, 0.2) is 24.8 Å². The Morgan fingerprint density at radius 1 is 1.22 bits per heavy atom. The Balaban J connectivity index is 2.22. The van der Waals surface area contributed by atoms with Gasteiger partial charge in [0.05, 0.1) is 7.11 Å². The minimum Gasteiger partial charge on any atom is -0.481 e. The Labute approximate surface area is 105 Å². The molecule has 18 heavy (non-hydrogen) atoms. The molecule has 6 heteroatoms. The van der Waals surface area contributed by atoms with Gasteiger partial charge >= 0.3 is 0 Å². The largest absolute Gasteiger partial charge is 0.481 e. The minimum absolute atomic E-state index is 0.0959. The maximum atomic E-state index is 5.72. The average molecular weight is 245 g/mol. The molecule has 0 aliphatic heterocycles. The van der Waals surface area contributed by atoms with Crippen LogP contribution in [-0.2, 0) is 6.42 Å². The first kappa shape index (κ1) is 12.4. The molecule has 0 bridgehead atoms. The van der Waals surface area contributed by atoms with E-state index in [2.05, 4.69) is 19.9 Å². The zero-order chi connectivity index (χ0) is 13.0. The summed E-state index contributed by atoms with van der Waals surface area (Å²) in [5, 5.41) is 0. The van der Waals surface area contributed by atoms with E-state index in [0.717, 1.165) is 12.0 Å². The van der Waals surface area contributed by atoms with Crippen molar-refractivity contribution < 1.29 is 4.74 Å². The maximum Gasteiger partial charge on any atom is 0.216 e. The van der Waals surface area contributed by atoms with Gasteiger partial charge in [-0.15, -0.1) is 0 Å². The molecule has 0 aliphatic carbocycles. The second-order valence-corrected chi connectivity index (χ2v) is 4.04. The summed E-state index contributed by atoms with van der Waals surface area (Å²) in [6.07, 6.45) is 5.71. The van der Waals surface area contributed by atoms with Crippen LogP contribution in [-0.4, -0.2) is 33.1 Å². The van der Waals surface area contributed by atoms with Crippen molar-refractivity contribution in [2.24, 2.45) is 5.73 Å². The van der Waals surface area contributed by atoms with Crippen molar-refractivity contribution in [1.29, 1.82) is 0 Å². The molecule has 2 rings (SSSR count). The van der Waals surface area contributed by atoms with Gasteiger partial charge < -0.3 is 10.5 Å². The highest BCUT2D eigenvalue weighted by molar-refractivity contribution is 5.49. The van der Waals surface area contributed by atoms with Gasteiger partial charge in [0, 0.05) is 24.5 Å². The molecule has 2 heterocycles. The Hall–Kier alpha value is -2.08. The van der Waals surface area contributed by atoms with Gasteiger partial charge in [-0.1, -0.05) is 0 Å². The zero-order valence-corrected chi connectivity index (χ0v) is 10.4. The third kappa shape index (κ3) is 2.98. The summed E-state index contributed by atoms with van der Waals surface area (Å²) in [5.74, 6) is 1.03. The Morgan fingerprint density at radius 2 is 1.94 bits per heavy atom. The predicted octanol–water partition coefficient (Wildman–Crippen LogP) is 0.832. The Morgan fingerprint density at radius 3 is 2.56 bits per heavy atom. The molecule has 0 fully saturated rings. The highest BCUT2D eigenvalue weighted by Gasteiger charge is 2.06. The molecular weight excluding hydrogens is 230 g/mol. The van der Waals surface area contributed by atoms with E-state index < -0.39 is 0 Å². The summed E-state index contributed by atoms with van der Waals surface area (Å²) in [6.45, 7) is 1.95. The summed E-state index contributed by atoms with van der Waals surface area (Å²) in [7, 11) is 1.55. The quantitative estimate of drug-likeness (QED) is 0.858. The maximum absolute atomic E-state index is 5.72. The number of ether oxygens (including phenoxy) is 1. The van der Waals surface area contributed by atoms with Crippen molar-refractivity contribution in [3.63, 3.8) is 0 Å². The fourth-order valence-corrected chi connectivity index (χ4v) is 1.54. The van der Waals surface area contributed by atoms with Gasteiger partial charge in [0.25, 0.3) is 0 Å². The van der Waals surface area contributed by atoms with Crippen LogP contribution in [0.1, 0.15) is 12.5 Å². The van der Waals surface area contributed by atoms with Crippen LogP contribution in [0.4, 0.5) is 0 Å². The summed E-state index contributed by atoms with van der Waals surface area (Å²) in [4.78, 5) is 16.6. The molecule has 94 valence electrons. The van der Waals surface area contributed by atoms with Crippen molar-refractivity contribution >= 4 is 0 Å². The van der Waals surface area contributed by atoms with Gasteiger partial charge in [0.1, 0.15) is 12.0 Å². The number of methoxy groups -OCH3 is 1. The lowest BCUT2D eigenvalue weighted by atomic mass is 10.1. The van der Waals surface area contributed by atoms with Crippen LogP contribution in [0.25, 0.3) is 11.5 Å². The molecule has 6 nitrogen and oxygen atoms in total. The van der Waals surface area contributed by atoms with Gasteiger partial charge in [-0.05, 0) is 18.9 Å². The third-order valence-electron chi connectivity index (χ3n) is 2.34. The summed E-state index contributed by atoms with van der Waals surface area (Å²) in [6, 6.07) is 1.79. The van der Waals surface area contributed by atoms with Crippen LogP contribution < -0.4 is 10.5 Å². The monoisotopic (exact) mass is 245 g/mol. The lowest BCUT2D eigenvalue weighted by molar-refractivity contribution is 0.397. The van der Waals surface area contributed by atoms with E-state index in [1.54, 1.807) is 25.6 Å². The SMILES string of the molecule is COc1cc(-c2ncc(CC(C)N)cn2)ncn1. The zero-order valence-electron chi connectivity index (χ0n) is 10.4. The smallest absolute Gasteiger partial charge is 0.216 e. The summed E-state index contributed by atoms with van der Waals surface area (Å²) in [5.41, 5.74) is 7.36. The first-order valence-corrected chi connectivity index (χ1v) is 5.62. The fourth-order valence-electron chi connectivity index (χ4n) is 1.54. The minimum atomic E-state index is 0.0959. The summed E-state index contributed by atoms with van der Waals surface area (Å²) < 4.78 is 5.03. The van der Waals surface area contributed by atoms with Crippen LogP contribution >= 0.6 is 0 Å². The predicted molar refractivity (Wildman–Crippen MR) is 67.0 cm³/mol. The van der Waals surface area contributed by atoms with Crippen LogP contribution in [0.3, 0.4) is 0 Å². The number of rotatable bonds is 4. The highest BCUT2D eigenvalue weighted by Crippen LogP contribution is 2.15. The van der Waals surface area contributed by atoms with Crippen LogP contribution in [0.5, 0.6) is 5.88 Å². The van der Waals surface area contributed by atoms with E-state index in [1.165, 1.54) is 6.33 Å². The lowest BCUT2D eigenvalue weighted by Gasteiger charge is -2.05.